The summed E-state index contributed by atoms with van der Waals surface area (Å²) >= 11 is -5.12. The zero-order valence-corrected chi connectivity index (χ0v) is 6.88. The van der Waals surface area contributed by atoms with Crippen LogP contribution in [-0.4, -0.2) is 31.5 Å². The van der Waals surface area contributed by atoms with Crippen LogP contribution in [0.4, 0.5) is 0 Å². The van der Waals surface area contributed by atoms with Crippen molar-refractivity contribution in [3.8, 4) is 0 Å². The minimum atomic E-state index is -5.12. The molecule has 0 fully saturated rings. The molecule has 0 aromatic heterocycles. The van der Waals surface area contributed by atoms with Gasteiger partial charge >= 0.3 is 30.5 Å². The maximum absolute atomic E-state index is 8.94. The summed E-state index contributed by atoms with van der Waals surface area (Å²) in [5, 5.41) is 0. The quantitative estimate of drug-likeness (QED) is 0.304. The predicted molar refractivity (Wildman–Crippen MR) is 15.3 cm³/mol. The largest absolute Gasteiger partial charge is 0.183 e. The van der Waals surface area contributed by atoms with Crippen LogP contribution in [0.15, 0.2) is 0 Å². The van der Waals surface area contributed by atoms with Gasteiger partial charge in [-0.1, -0.05) is 0 Å². The summed E-state index contributed by atoms with van der Waals surface area (Å²) in [4.78, 5) is 0. The molecule has 0 saturated heterocycles. The van der Waals surface area contributed by atoms with Crippen molar-refractivity contribution in [2.45, 2.75) is 0 Å². The number of hydrogen-bond donors (Lipinski definition) is 4. The normalized spacial score (nSPS) is 11.9. The second kappa shape index (κ2) is 4.29. The molecule has 0 atom stereocenters. The molecule has 10 heavy (non-hydrogen) atoms. The van der Waals surface area contributed by atoms with Crippen molar-refractivity contribution in [2.24, 2.45) is 0 Å². The Morgan fingerprint density at radius 3 is 1.10 bits per heavy atom. The molecule has 0 radical (unpaired) electrons. The van der Waals surface area contributed by atoms with Gasteiger partial charge in [-0.3, -0.25) is 0 Å². The van der Waals surface area contributed by atoms with Gasteiger partial charge in [-0.05, 0) is 0 Å². The van der Waals surface area contributed by atoms with Crippen LogP contribution >= 0.6 is 0 Å². The molecule has 0 bridgehead atoms. The topological polar surface area (TPSA) is 167 Å². The first-order valence-corrected chi connectivity index (χ1v) is 5.96. The fraction of sp³-hybridized carbons (Fsp3) is 0. The van der Waals surface area contributed by atoms with Crippen LogP contribution in [0.1, 0.15) is 0 Å². The standard InChI is InChI=1S/AsH3O4.ClHO4/c2*2-1(3,4)5/h(H3,2,3,4,5);(H,2,3,4,5). The van der Waals surface area contributed by atoms with Crippen molar-refractivity contribution >= 4 is 14.5 Å². The Morgan fingerprint density at radius 1 is 1.10 bits per heavy atom. The molecule has 4 N–H and O–H groups in total. The van der Waals surface area contributed by atoms with Crippen LogP contribution < -0.4 is 14.0 Å². The zero-order valence-electron chi connectivity index (χ0n) is 4.25. The van der Waals surface area contributed by atoms with Gasteiger partial charge in [0, 0.05) is 0 Å². The summed E-state index contributed by atoms with van der Waals surface area (Å²) in [7, 11) is -4.69. The fourth-order valence-electron chi connectivity index (χ4n) is 0. The van der Waals surface area contributed by atoms with Gasteiger partial charge in [-0.2, -0.15) is 14.0 Å². The Bertz CT molecular complexity index is 101. The number of halogens is 1. The van der Waals surface area contributed by atoms with Gasteiger partial charge in [0.2, 0.25) is 0 Å². The molecule has 0 saturated carbocycles. The van der Waals surface area contributed by atoms with Crippen molar-refractivity contribution in [1.29, 1.82) is 0 Å². The summed E-state index contributed by atoms with van der Waals surface area (Å²) in [6.45, 7) is 0. The molecule has 8 nitrogen and oxygen atoms in total. The van der Waals surface area contributed by atoms with E-state index in [2.05, 4.69) is 0 Å². The first-order valence-electron chi connectivity index (χ1n) is 1.41. The van der Waals surface area contributed by atoms with Gasteiger partial charge in [0.15, 0.2) is 0 Å². The van der Waals surface area contributed by atoms with Gasteiger partial charge in [0.05, 0.1) is 14.9 Å². The molecule has 0 rings (SSSR count). The first kappa shape index (κ1) is 13.0. The Morgan fingerprint density at radius 2 is 1.10 bits per heavy atom. The SMILES string of the molecule is O=[As](O)(O)O.[O-][Cl+3]([O-])([O-])O. The van der Waals surface area contributed by atoms with E-state index in [-0.39, 0.29) is 0 Å². The van der Waals surface area contributed by atoms with Crippen molar-refractivity contribution in [2.75, 3.05) is 0 Å². The van der Waals surface area contributed by atoms with Crippen molar-refractivity contribution in [3.63, 3.8) is 0 Å². The molecule has 10 heteroatoms. The monoisotopic (exact) mass is 242 g/mol. The van der Waals surface area contributed by atoms with E-state index in [9.17, 15) is 0 Å². The molecular weight excluding hydrogens is 238 g/mol. The first-order chi connectivity index (χ1) is 4.00. The van der Waals surface area contributed by atoms with Crippen LogP contribution in [0.3, 0.4) is 0 Å². The van der Waals surface area contributed by atoms with Gasteiger partial charge in [0.25, 0.3) is 0 Å². The van der Waals surface area contributed by atoms with Gasteiger partial charge in [-0.25, -0.2) is 0 Å². The second-order valence-electron chi connectivity index (χ2n) is 0.909. The van der Waals surface area contributed by atoms with Gasteiger partial charge in [0.1, 0.15) is 0 Å². The van der Waals surface area contributed by atoms with E-state index in [0.717, 1.165) is 0 Å². The van der Waals surface area contributed by atoms with Crippen LogP contribution in [0.2, 0.25) is 0 Å². The van der Waals surface area contributed by atoms with Gasteiger partial charge < -0.3 is 0 Å². The zero-order chi connectivity index (χ0) is 9.00. The molecule has 0 heterocycles. The third-order valence-corrected chi connectivity index (χ3v) is 0. The fourth-order valence-corrected chi connectivity index (χ4v) is 0. The van der Waals surface area contributed by atoms with E-state index in [1.54, 1.807) is 0 Å². The van der Waals surface area contributed by atoms with E-state index in [4.69, 9.17) is 34.7 Å². The molecule has 64 valence electrons. The summed E-state index contributed by atoms with van der Waals surface area (Å²) in [5.41, 5.74) is 0. The summed E-state index contributed by atoms with van der Waals surface area (Å²) in [6.07, 6.45) is 0. The van der Waals surface area contributed by atoms with E-state index >= 15 is 0 Å². The Labute approximate surface area is 60.1 Å². The van der Waals surface area contributed by atoms with Crippen LogP contribution in [0, 0.1) is 10.2 Å². The number of rotatable bonds is 0. The van der Waals surface area contributed by atoms with Crippen LogP contribution in [0.25, 0.3) is 0 Å². The second-order valence-corrected chi connectivity index (χ2v) is 3.86. The van der Waals surface area contributed by atoms with E-state index < -0.39 is 24.8 Å². The Kier molecular flexibility index (Phi) is 5.57. The minimum Gasteiger partial charge on any atom is -0.183 e. The van der Waals surface area contributed by atoms with E-state index in [1.165, 1.54) is 0 Å². The van der Waals surface area contributed by atoms with Gasteiger partial charge in [-0.15, -0.1) is 0 Å². The van der Waals surface area contributed by atoms with Crippen LogP contribution in [-0.2, 0) is 3.74 Å². The number of hydrogen-bond acceptors (Lipinski definition) is 5. The van der Waals surface area contributed by atoms with Crippen molar-refractivity contribution < 1.29 is 44.9 Å². The van der Waals surface area contributed by atoms with Crippen molar-refractivity contribution in [1.82, 2.24) is 0 Å². The van der Waals surface area contributed by atoms with E-state index in [1.807, 2.05) is 0 Å². The summed E-state index contributed by atoms with van der Waals surface area (Å²) in [6, 6.07) is 0. The molecule has 0 amide bonds. The maximum Gasteiger partial charge on any atom is 0.0777 e. The predicted octanol–water partition coefficient (Wildman–Crippen LogP) is -6.29. The molecule has 0 aliphatic carbocycles. The molecule has 0 aliphatic heterocycles. The van der Waals surface area contributed by atoms with Crippen LogP contribution in [0.5, 0.6) is 0 Å². The average Bonchev–Trinajstić information content (AvgIpc) is 1.12. The molecule has 0 aliphatic rings. The third kappa shape index (κ3) is 3350. The maximum atomic E-state index is 8.94. The molecule has 0 unspecified atom stereocenters. The molecular formula is H4AsClO8. The molecule has 0 aromatic rings. The van der Waals surface area contributed by atoms with E-state index in [0.29, 0.717) is 0 Å². The molecule has 0 spiro atoms. The van der Waals surface area contributed by atoms with Crippen molar-refractivity contribution in [3.05, 3.63) is 0 Å². The smallest absolute Gasteiger partial charge is 0.0777 e. The third-order valence-electron chi connectivity index (χ3n) is 0. The Balaban J connectivity index is 0. The average molecular weight is 242 g/mol. The summed E-state index contributed by atoms with van der Waals surface area (Å²) < 4.78 is 63.4. The Hall–Kier alpha value is 0.368. The minimum absolute atomic E-state index is 4.69. The summed E-state index contributed by atoms with van der Waals surface area (Å²) in [5.74, 6) is 0. The molecule has 0 aromatic carbocycles.